The Morgan fingerprint density at radius 3 is 3.00 bits per heavy atom. The van der Waals surface area contributed by atoms with Gasteiger partial charge in [-0.3, -0.25) is 0 Å². The Labute approximate surface area is 86.1 Å². The van der Waals surface area contributed by atoms with Crippen molar-refractivity contribution in [1.29, 1.82) is 0 Å². The predicted octanol–water partition coefficient (Wildman–Crippen LogP) is 1.24. The van der Waals surface area contributed by atoms with E-state index in [0.29, 0.717) is 4.88 Å². The lowest BCUT2D eigenvalue weighted by Crippen LogP contribution is -2.31. The zero-order valence-corrected chi connectivity index (χ0v) is 9.14. The van der Waals surface area contributed by atoms with Gasteiger partial charge in [0, 0.05) is 0 Å². The molecule has 4 nitrogen and oxygen atoms in total. The van der Waals surface area contributed by atoms with Gasteiger partial charge >= 0.3 is 0 Å². The Morgan fingerprint density at radius 1 is 1.64 bits per heavy atom. The van der Waals surface area contributed by atoms with Crippen LogP contribution in [-0.2, 0) is 14.7 Å². The van der Waals surface area contributed by atoms with E-state index in [-0.39, 0.29) is 16.9 Å². The summed E-state index contributed by atoms with van der Waals surface area (Å²) in [6.45, 7) is 1.69. The summed E-state index contributed by atoms with van der Waals surface area (Å²) in [6, 6.07) is 3.51. The highest BCUT2D eigenvalue weighted by atomic mass is 32.2. The van der Waals surface area contributed by atoms with E-state index in [4.69, 9.17) is 4.84 Å². The third-order valence-electron chi connectivity index (χ3n) is 1.80. The first-order valence-corrected chi connectivity index (χ1v) is 6.63. The molecule has 1 unspecified atom stereocenters. The Bertz CT molecular complexity index is 447. The summed E-state index contributed by atoms with van der Waals surface area (Å²) < 4.78 is 23.4. The van der Waals surface area contributed by atoms with Gasteiger partial charge in [0.05, 0.1) is 10.6 Å². The standard InChI is InChI=1S/C8H9NO3S2/c1-6-5-14(10,11)8(9-12-6)7-3-2-4-13-7/h2-4,6H,5H2,1H3. The zero-order chi connectivity index (χ0) is 10.2. The molecular weight excluding hydrogens is 222 g/mol. The van der Waals surface area contributed by atoms with Crippen LogP contribution in [0.15, 0.2) is 22.7 Å². The molecule has 0 spiro atoms. The maximum Gasteiger partial charge on any atom is 0.211 e. The van der Waals surface area contributed by atoms with Crippen LogP contribution < -0.4 is 0 Å². The predicted molar refractivity (Wildman–Crippen MR) is 55.2 cm³/mol. The van der Waals surface area contributed by atoms with E-state index in [9.17, 15) is 8.42 Å². The summed E-state index contributed by atoms with van der Waals surface area (Å²) in [5, 5.41) is 5.52. The smallest absolute Gasteiger partial charge is 0.211 e. The molecule has 0 N–H and O–H groups in total. The van der Waals surface area contributed by atoms with Crippen LogP contribution in [0.1, 0.15) is 11.8 Å². The second-order valence-electron chi connectivity index (χ2n) is 3.07. The highest BCUT2D eigenvalue weighted by Gasteiger charge is 2.30. The third-order valence-corrected chi connectivity index (χ3v) is 4.59. The van der Waals surface area contributed by atoms with Gasteiger partial charge in [0.1, 0.15) is 6.10 Å². The normalized spacial score (nSPS) is 25.2. The number of sulfone groups is 1. The molecule has 1 aliphatic rings. The van der Waals surface area contributed by atoms with E-state index in [1.807, 2.05) is 5.38 Å². The third kappa shape index (κ3) is 1.67. The molecule has 1 aliphatic heterocycles. The lowest BCUT2D eigenvalue weighted by Gasteiger charge is -2.16. The van der Waals surface area contributed by atoms with E-state index in [2.05, 4.69) is 5.16 Å². The average molecular weight is 231 g/mol. The van der Waals surface area contributed by atoms with Crippen molar-refractivity contribution >= 4 is 26.2 Å². The Hall–Kier alpha value is -0.880. The first-order chi connectivity index (χ1) is 6.59. The Morgan fingerprint density at radius 2 is 2.43 bits per heavy atom. The van der Waals surface area contributed by atoms with Crippen LogP contribution in [-0.4, -0.2) is 25.3 Å². The fourth-order valence-electron chi connectivity index (χ4n) is 1.21. The lowest BCUT2D eigenvalue weighted by atomic mass is 10.5. The van der Waals surface area contributed by atoms with E-state index >= 15 is 0 Å². The summed E-state index contributed by atoms with van der Waals surface area (Å²) in [4.78, 5) is 5.60. The quantitative estimate of drug-likeness (QED) is 0.730. The van der Waals surface area contributed by atoms with Crippen molar-refractivity contribution < 1.29 is 13.3 Å². The second-order valence-corrected chi connectivity index (χ2v) is 5.97. The number of nitrogens with zero attached hydrogens (tertiary/aromatic N) is 1. The Balaban J connectivity index is 2.45. The highest BCUT2D eigenvalue weighted by molar-refractivity contribution is 8.07. The van der Waals surface area contributed by atoms with Crippen LogP contribution >= 0.6 is 11.3 Å². The van der Waals surface area contributed by atoms with Crippen LogP contribution in [0.25, 0.3) is 0 Å². The highest BCUT2D eigenvalue weighted by Crippen LogP contribution is 2.19. The first-order valence-electron chi connectivity index (χ1n) is 4.10. The van der Waals surface area contributed by atoms with Gasteiger partial charge in [-0.25, -0.2) is 8.42 Å². The molecule has 0 aliphatic carbocycles. The minimum absolute atomic E-state index is 0.00370. The van der Waals surface area contributed by atoms with Gasteiger partial charge in [0.15, 0.2) is 0 Å². The topological polar surface area (TPSA) is 55.7 Å². The minimum atomic E-state index is -3.26. The molecule has 2 heterocycles. The molecule has 0 saturated heterocycles. The molecule has 0 radical (unpaired) electrons. The van der Waals surface area contributed by atoms with E-state index in [1.165, 1.54) is 11.3 Å². The SMILES string of the molecule is CC1CS(=O)(=O)C(c2cccs2)=NO1. The number of thiophene rings is 1. The molecule has 76 valence electrons. The van der Waals surface area contributed by atoms with Gasteiger partial charge < -0.3 is 4.84 Å². The summed E-state index contributed by atoms with van der Waals surface area (Å²) in [5.41, 5.74) is 0. The molecule has 6 heteroatoms. The molecule has 0 saturated carbocycles. The second kappa shape index (κ2) is 3.36. The van der Waals surface area contributed by atoms with Gasteiger partial charge in [-0.2, -0.15) is 0 Å². The average Bonchev–Trinajstić information content (AvgIpc) is 2.54. The fraction of sp³-hybridized carbons (Fsp3) is 0.375. The molecule has 0 aromatic carbocycles. The van der Waals surface area contributed by atoms with Gasteiger partial charge in [0.25, 0.3) is 0 Å². The number of hydrogen-bond acceptors (Lipinski definition) is 5. The molecule has 0 fully saturated rings. The van der Waals surface area contributed by atoms with Gasteiger partial charge in [-0.1, -0.05) is 11.2 Å². The summed E-state index contributed by atoms with van der Waals surface area (Å²) in [6.07, 6.45) is -0.358. The molecule has 0 amide bonds. The fourth-order valence-corrected chi connectivity index (χ4v) is 3.70. The Kier molecular flexibility index (Phi) is 2.32. The number of oxime groups is 1. The van der Waals surface area contributed by atoms with E-state index in [1.54, 1.807) is 19.1 Å². The van der Waals surface area contributed by atoms with Gasteiger partial charge in [-0.15, -0.1) is 11.3 Å². The molecule has 1 aromatic heterocycles. The van der Waals surface area contributed by atoms with Crippen molar-refractivity contribution in [3.8, 4) is 0 Å². The van der Waals surface area contributed by atoms with Crippen LogP contribution in [0.3, 0.4) is 0 Å². The minimum Gasteiger partial charge on any atom is -0.391 e. The van der Waals surface area contributed by atoms with Crippen molar-refractivity contribution in [3.05, 3.63) is 22.4 Å². The molecule has 1 atom stereocenters. The van der Waals surface area contributed by atoms with Crippen molar-refractivity contribution in [2.45, 2.75) is 13.0 Å². The van der Waals surface area contributed by atoms with Crippen LogP contribution in [0, 0.1) is 0 Å². The number of hydrogen-bond donors (Lipinski definition) is 0. The van der Waals surface area contributed by atoms with Gasteiger partial charge in [-0.05, 0) is 18.4 Å². The van der Waals surface area contributed by atoms with Crippen molar-refractivity contribution in [2.24, 2.45) is 5.16 Å². The van der Waals surface area contributed by atoms with Crippen LogP contribution in [0.4, 0.5) is 0 Å². The zero-order valence-electron chi connectivity index (χ0n) is 7.50. The van der Waals surface area contributed by atoms with Gasteiger partial charge in [0.2, 0.25) is 14.9 Å². The molecule has 14 heavy (non-hydrogen) atoms. The van der Waals surface area contributed by atoms with E-state index in [0.717, 1.165) is 0 Å². The number of rotatable bonds is 1. The molecule has 2 rings (SSSR count). The monoisotopic (exact) mass is 231 g/mol. The van der Waals surface area contributed by atoms with Crippen molar-refractivity contribution in [3.63, 3.8) is 0 Å². The van der Waals surface area contributed by atoms with Crippen molar-refractivity contribution in [1.82, 2.24) is 0 Å². The molecule has 0 bridgehead atoms. The van der Waals surface area contributed by atoms with Crippen LogP contribution in [0.5, 0.6) is 0 Å². The summed E-state index contributed by atoms with van der Waals surface area (Å²) in [7, 11) is -3.26. The first kappa shape index (κ1) is 9.67. The maximum absolute atomic E-state index is 11.7. The summed E-state index contributed by atoms with van der Waals surface area (Å²) >= 11 is 1.34. The lowest BCUT2D eigenvalue weighted by molar-refractivity contribution is 0.0858. The van der Waals surface area contributed by atoms with E-state index < -0.39 is 9.84 Å². The largest absolute Gasteiger partial charge is 0.391 e. The maximum atomic E-state index is 11.7. The van der Waals surface area contributed by atoms with Crippen molar-refractivity contribution in [2.75, 3.05) is 5.75 Å². The van der Waals surface area contributed by atoms with Crippen LogP contribution in [0.2, 0.25) is 0 Å². The molecular formula is C8H9NO3S2. The molecule has 1 aromatic rings. The summed E-state index contributed by atoms with van der Waals surface area (Å²) in [5.74, 6) is 0.00370.